The van der Waals surface area contributed by atoms with Crippen molar-refractivity contribution in [1.29, 1.82) is 0 Å². The summed E-state index contributed by atoms with van der Waals surface area (Å²) in [6.45, 7) is 8.64. The van der Waals surface area contributed by atoms with Gasteiger partial charge in [-0.1, -0.05) is 6.42 Å². The van der Waals surface area contributed by atoms with Crippen molar-refractivity contribution in [3.8, 4) is 0 Å². The maximum Gasteiger partial charge on any atom is 0.0784 e. The van der Waals surface area contributed by atoms with E-state index in [-0.39, 0.29) is 0 Å². The Bertz CT molecular complexity index is 247. The molecule has 2 rings (SSSR count). The average molecular weight is 297 g/mol. The predicted octanol–water partition coefficient (Wildman–Crippen LogP) is 4.20. The van der Waals surface area contributed by atoms with Gasteiger partial charge in [-0.3, -0.25) is 0 Å². The van der Waals surface area contributed by atoms with Crippen molar-refractivity contribution in [3.63, 3.8) is 0 Å². The van der Waals surface area contributed by atoms with E-state index in [0.717, 1.165) is 0 Å². The van der Waals surface area contributed by atoms with Crippen LogP contribution in [0.2, 0.25) is 0 Å². The minimum absolute atomic E-state index is 1.37. The molecule has 2 saturated heterocycles. The molecule has 0 saturated carbocycles. The zero-order chi connectivity index (χ0) is 15.0. The molecule has 0 aromatic carbocycles. The first kappa shape index (κ1) is 17.3. The van der Waals surface area contributed by atoms with Crippen LogP contribution in [0, 0.1) is 0 Å². The minimum atomic E-state index is 1.37. The fraction of sp³-hybridized carbons (Fsp3) is 1.00. The number of unbranched alkanes of at least 4 members (excludes halogenated alkanes) is 4. The Balaban J connectivity index is 1.46. The van der Waals surface area contributed by atoms with Crippen LogP contribution in [0.25, 0.3) is 0 Å². The van der Waals surface area contributed by atoms with Crippen LogP contribution in [0.15, 0.2) is 0 Å². The number of likely N-dealkylation sites (tertiary alicyclic amines) is 2. The molecule has 2 heteroatoms. The number of hydrogen-bond donors (Lipinski definition) is 0. The third kappa shape index (κ3) is 6.28. The van der Waals surface area contributed by atoms with Crippen molar-refractivity contribution in [2.45, 2.75) is 70.6 Å². The summed E-state index contributed by atoms with van der Waals surface area (Å²) in [5.74, 6) is 0. The van der Waals surface area contributed by atoms with E-state index in [1.807, 2.05) is 0 Å². The summed E-state index contributed by atoms with van der Waals surface area (Å²) in [6, 6.07) is 0. The zero-order valence-corrected chi connectivity index (χ0v) is 14.9. The number of piperidine rings is 2. The highest BCUT2D eigenvalue weighted by molar-refractivity contribution is 4.54. The van der Waals surface area contributed by atoms with Crippen LogP contribution in [0.3, 0.4) is 0 Å². The summed E-state index contributed by atoms with van der Waals surface area (Å²) in [7, 11) is 4.97. The Morgan fingerprint density at radius 2 is 0.810 bits per heavy atom. The summed E-state index contributed by atoms with van der Waals surface area (Å²) in [6.07, 6.45) is 16.1. The highest BCUT2D eigenvalue weighted by Crippen LogP contribution is 2.19. The van der Waals surface area contributed by atoms with Crippen molar-refractivity contribution >= 4 is 0 Å². The molecule has 0 bridgehead atoms. The van der Waals surface area contributed by atoms with Gasteiger partial charge in [-0.15, -0.1) is 0 Å². The Hall–Kier alpha value is -0.0800. The van der Waals surface area contributed by atoms with E-state index in [1.165, 1.54) is 119 Å². The molecule has 0 atom stereocenters. The van der Waals surface area contributed by atoms with E-state index in [9.17, 15) is 0 Å². The summed E-state index contributed by atoms with van der Waals surface area (Å²) in [5.41, 5.74) is 0. The second-order valence-electron chi connectivity index (χ2n) is 8.47. The van der Waals surface area contributed by atoms with Crippen LogP contribution in [0.5, 0.6) is 0 Å². The highest BCUT2D eigenvalue weighted by atomic mass is 15.3. The maximum atomic E-state index is 2.49. The molecule has 2 aliphatic heterocycles. The molecule has 2 heterocycles. The fourth-order valence-electron chi connectivity index (χ4n) is 4.52. The first-order valence-electron chi connectivity index (χ1n) is 9.79. The van der Waals surface area contributed by atoms with E-state index in [2.05, 4.69) is 14.1 Å². The van der Waals surface area contributed by atoms with Crippen LogP contribution in [0.4, 0.5) is 0 Å². The molecule has 2 fully saturated rings. The molecule has 124 valence electrons. The van der Waals surface area contributed by atoms with Crippen molar-refractivity contribution < 1.29 is 8.97 Å². The molecule has 0 aromatic rings. The Morgan fingerprint density at radius 3 is 1.19 bits per heavy atom. The van der Waals surface area contributed by atoms with Gasteiger partial charge in [0.1, 0.15) is 0 Å². The fourth-order valence-corrected chi connectivity index (χ4v) is 4.52. The van der Waals surface area contributed by atoms with Crippen LogP contribution >= 0.6 is 0 Å². The van der Waals surface area contributed by atoms with Gasteiger partial charge in [-0.25, -0.2) is 0 Å². The molecule has 0 aliphatic carbocycles. The highest BCUT2D eigenvalue weighted by Gasteiger charge is 2.24. The molecule has 0 aromatic heterocycles. The monoisotopic (exact) mass is 296 g/mol. The van der Waals surface area contributed by atoms with Gasteiger partial charge in [0.25, 0.3) is 0 Å². The largest absolute Gasteiger partial charge is 0.326 e. The lowest BCUT2D eigenvalue weighted by Gasteiger charge is -2.38. The third-order valence-corrected chi connectivity index (χ3v) is 6.19. The smallest absolute Gasteiger partial charge is 0.0784 e. The van der Waals surface area contributed by atoms with E-state index in [1.54, 1.807) is 0 Å². The van der Waals surface area contributed by atoms with Crippen LogP contribution in [-0.2, 0) is 0 Å². The Morgan fingerprint density at radius 1 is 0.476 bits per heavy atom. The van der Waals surface area contributed by atoms with Gasteiger partial charge < -0.3 is 8.97 Å². The molecular weight excluding hydrogens is 256 g/mol. The maximum absolute atomic E-state index is 2.49. The van der Waals surface area contributed by atoms with E-state index >= 15 is 0 Å². The van der Waals surface area contributed by atoms with Crippen LogP contribution in [0.1, 0.15) is 70.6 Å². The molecule has 0 amide bonds. The lowest BCUT2D eigenvalue weighted by molar-refractivity contribution is -0.914. The Kier molecular flexibility index (Phi) is 7.01. The average Bonchev–Trinajstić information content (AvgIpc) is 2.47. The molecule has 21 heavy (non-hydrogen) atoms. The number of quaternary nitrogens is 2. The van der Waals surface area contributed by atoms with E-state index < -0.39 is 0 Å². The topological polar surface area (TPSA) is 0 Å². The van der Waals surface area contributed by atoms with E-state index in [4.69, 9.17) is 0 Å². The molecule has 0 spiro atoms. The second-order valence-corrected chi connectivity index (χ2v) is 8.47. The van der Waals surface area contributed by atoms with Gasteiger partial charge in [0, 0.05) is 0 Å². The van der Waals surface area contributed by atoms with Gasteiger partial charge in [0.2, 0.25) is 0 Å². The number of nitrogens with zero attached hydrogens (tertiary/aromatic N) is 2. The van der Waals surface area contributed by atoms with Gasteiger partial charge >= 0.3 is 0 Å². The van der Waals surface area contributed by atoms with Gasteiger partial charge in [0.05, 0.1) is 53.4 Å². The van der Waals surface area contributed by atoms with Crippen LogP contribution in [-0.4, -0.2) is 62.3 Å². The number of hydrogen-bond acceptors (Lipinski definition) is 0. The van der Waals surface area contributed by atoms with Gasteiger partial charge in [0.15, 0.2) is 0 Å². The predicted molar refractivity (Wildman–Crippen MR) is 92.4 cm³/mol. The number of rotatable bonds is 8. The van der Waals surface area contributed by atoms with Crippen LogP contribution < -0.4 is 0 Å². The normalized spacial score (nSPS) is 24.9. The van der Waals surface area contributed by atoms with Crippen molar-refractivity contribution in [2.24, 2.45) is 0 Å². The third-order valence-electron chi connectivity index (χ3n) is 6.19. The standard InChI is InChI=1S/C19H40N2/c1-20(16-10-6-11-17-20)14-8-4-3-5-9-15-21(2)18-12-7-13-19-21/h3-19H2,1-2H3/q+2. The molecule has 2 nitrogen and oxygen atoms in total. The van der Waals surface area contributed by atoms with E-state index in [0.29, 0.717) is 0 Å². The first-order valence-corrected chi connectivity index (χ1v) is 9.79. The zero-order valence-electron chi connectivity index (χ0n) is 14.9. The van der Waals surface area contributed by atoms with Gasteiger partial charge in [-0.2, -0.15) is 0 Å². The lowest BCUT2D eigenvalue weighted by Crippen LogP contribution is -2.48. The first-order chi connectivity index (χ1) is 10.1. The molecule has 0 unspecified atom stereocenters. The summed E-state index contributed by atoms with van der Waals surface area (Å²) in [4.78, 5) is 0. The van der Waals surface area contributed by atoms with Crippen molar-refractivity contribution in [2.75, 3.05) is 53.4 Å². The molecular formula is C19H40N2+2. The molecule has 0 N–H and O–H groups in total. The summed E-state index contributed by atoms with van der Waals surface area (Å²) < 4.78 is 2.74. The second kappa shape index (κ2) is 8.53. The lowest BCUT2D eigenvalue weighted by atomic mass is 10.1. The SMILES string of the molecule is C[N+]1(CCCCCCC[N+]2(C)CCCCC2)CCCCC1. The molecule has 0 radical (unpaired) electrons. The summed E-state index contributed by atoms with van der Waals surface area (Å²) in [5, 5.41) is 0. The van der Waals surface area contributed by atoms with Gasteiger partial charge in [-0.05, 0) is 64.2 Å². The Labute approximate surface area is 133 Å². The molecule has 2 aliphatic rings. The van der Waals surface area contributed by atoms with Crippen molar-refractivity contribution in [3.05, 3.63) is 0 Å². The quantitative estimate of drug-likeness (QED) is 0.465. The minimum Gasteiger partial charge on any atom is -0.326 e. The van der Waals surface area contributed by atoms with Crippen molar-refractivity contribution in [1.82, 2.24) is 0 Å². The summed E-state index contributed by atoms with van der Waals surface area (Å²) >= 11 is 0.